The topological polar surface area (TPSA) is 49.0 Å². The molecule has 1 N–H and O–H groups in total. The van der Waals surface area contributed by atoms with Crippen LogP contribution < -0.4 is 0 Å². The van der Waals surface area contributed by atoms with Crippen LogP contribution in [0.5, 0.6) is 0 Å². The lowest BCUT2D eigenvalue weighted by Gasteiger charge is -2.23. The van der Waals surface area contributed by atoms with Crippen molar-refractivity contribution in [2.24, 2.45) is 0 Å². The Hall–Kier alpha value is -2.14. The van der Waals surface area contributed by atoms with Gasteiger partial charge in [0.25, 0.3) is 5.91 Å². The van der Waals surface area contributed by atoms with E-state index >= 15 is 0 Å². The molecule has 1 amide bonds. The highest BCUT2D eigenvalue weighted by molar-refractivity contribution is 7.10. The van der Waals surface area contributed by atoms with Crippen LogP contribution in [-0.4, -0.2) is 27.5 Å². The van der Waals surface area contributed by atoms with Gasteiger partial charge >= 0.3 is 0 Å². The molecular formula is C16H15N3OS. The first-order valence-corrected chi connectivity index (χ1v) is 8.00. The van der Waals surface area contributed by atoms with Gasteiger partial charge in [-0.1, -0.05) is 24.3 Å². The number of rotatable bonds is 2. The van der Waals surface area contributed by atoms with Gasteiger partial charge in [-0.15, -0.1) is 11.3 Å². The standard InChI is InChI=1S/C16H15N3OS/c20-16(15-11-5-1-2-6-12(11)17-18-15)19-9-3-7-13(19)14-8-4-10-21-14/h1-2,4-6,8,10,13H,3,7,9H2,(H,17,18). The van der Waals surface area contributed by atoms with E-state index in [4.69, 9.17) is 0 Å². The molecule has 1 aliphatic heterocycles. The first-order chi connectivity index (χ1) is 10.3. The number of carbonyl (C=O) groups is 1. The SMILES string of the molecule is O=C(c1n[nH]c2ccccc12)N1CCCC1c1cccs1. The Kier molecular flexibility index (Phi) is 3.00. The van der Waals surface area contributed by atoms with Gasteiger partial charge < -0.3 is 4.90 Å². The molecule has 1 aliphatic rings. The van der Waals surface area contributed by atoms with Gasteiger partial charge in [0.1, 0.15) is 0 Å². The number of hydrogen-bond donors (Lipinski definition) is 1. The number of hydrogen-bond acceptors (Lipinski definition) is 3. The molecule has 0 saturated carbocycles. The number of aromatic nitrogens is 2. The molecule has 0 aliphatic carbocycles. The molecule has 21 heavy (non-hydrogen) atoms. The number of H-pyrrole nitrogens is 1. The molecular weight excluding hydrogens is 282 g/mol. The van der Waals surface area contributed by atoms with E-state index in [0.717, 1.165) is 30.3 Å². The molecule has 1 fully saturated rings. The summed E-state index contributed by atoms with van der Waals surface area (Å²) in [7, 11) is 0. The second kappa shape index (κ2) is 5.00. The highest BCUT2D eigenvalue weighted by atomic mass is 32.1. The molecule has 1 unspecified atom stereocenters. The quantitative estimate of drug-likeness (QED) is 0.785. The fourth-order valence-electron chi connectivity index (χ4n) is 3.05. The molecule has 0 spiro atoms. The van der Waals surface area contributed by atoms with Gasteiger partial charge in [0.15, 0.2) is 5.69 Å². The summed E-state index contributed by atoms with van der Waals surface area (Å²) in [5.41, 5.74) is 1.45. The third-order valence-corrected chi connectivity index (χ3v) is 5.03. The predicted octanol–water partition coefficient (Wildman–Crippen LogP) is 3.60. The number of aromatic amines is 1. The number of fused-ring (bicyclic) bond motifs is 1. The zero-order valence-corrected chi connectivity index (χ0v) is 12.3. The zero-order valence-electron chi connectivity index (χ0n) is 11.5. The third kappa shape index (κ3) is 2.05. The number of likely N-dealkylation sites (tertiary alicyclic amines) is 1. The predicted molar refractivity (Wildman–Crippen MR) is 83.4 cm³/mol. The number of thiophene rings is 1. The maximum Gasteiger partial charge on any atom is 0.275 e. The normalized spacial score (nSPS) is 18.5. The van der Waals surface area contributed by atoms with Crippen molar-refractivity contribution in [2.45, 2.75) is 18.9 Å². The van der Waals surface area contributed by atoms with Crippen LogP contribution >= 0.6 is 11.3 Å². The lowest BCUT2D eigenvalue weighted by Crippen LogP contribution is -2.30. The molecule has 0 radical (unpaired) electrons. The highest BCUT2D eigenvalue weighted by Gasteiger charge is 2.32. The summed E-state index contributed by atoms with van der Waals surface area (Å²) >= 11 is 1.72. The second-order valence-electron chi connectivity index (χ2n) is 5.29. The minimum Gasteiger partial charge on any atom is -0.329 e. The Balaban J connectivity index is 1.71. The van der Waals surface area contributed by atoms with Crippen LogP contribution in [0.2, 0.25) is 0 Å². The van der Waals surface area contributed by atoms with Gasteiger partial charge in [0.2, 0.25) is 0 Å². The molecule has 2 aromatic heterocycles. The van der Waals surface area contributed by atoms with Crippen LogP contribution in [0.4, 0.5) is 0 Å². The molecule has 4 rings (SSSR count). The number of para-hydroxylation sites is 1. The van der Waals surface area contributed by atoms with Gasteiger partial charge in [0.05, 0.1) is 11.6 Å². The maximum atomic E-state index is 12.9. The van der Waals surface area contributed by atoms with Crippen molar-refractivity contribution >= 4 is 28.1 Å². The molecule has 1 aromatic carbocycles. The summed E-state index contributed by atoms with van der Waals surface area (Å²) in [5, 5.41) is 10.2. The van der Waals surface area contributed by atoms with Crippen LogP contribution in [0.3, 0.4) is 0 Å². The first kappa shape index (κ1) is 12.6. The van der Waals surface area contributed by atoms with Crippen LogP contribution in [0.1, 0.15) is 34.2 Å². The van der Waals surface area contributed by atoms with Crippen molar-refractivity contribution in [3.63, 3.8) is 0 Å². The van der Waals surface area contributed by atoms with Gasteiger partial charge in [-0.25, -0.2) is 0 Å². The van der Waals surface area contributed by atoms with Gasteiger partial charge in [0, 0.05) is 16.8 Å². The van der Waals surface area contributed by atoms with Crippen molar-refractivity contribution in [2.75, 3.05) is 6.54 Å². The second-order valence-corrected chi connectivity index (χ2v) is 6.27. The average Bonchev–Trinajstić information content (AvgIpc) is 3.25. The largest absolute Gasteiger partial charge is 0.329 e. The van der Waals surface area contributed by atoms with Crippen LogP contribution in [-0.2, 0) is 0 Å². The van der Waals surface area contributed by atoms with E-state index in [0.29, 0.717) is 5.69 Å². The van der Waals surface area contributed by atoms with Crippen LogP contribution in [0.25, 0.3) is 10.9 Å². The van der Waals surface area contributed by atoms with Gasteiger partial charge in [-0.05, 0) is 30.4 Å². The summed E-state index contributed by atoms with van der Waals surface area (Å²) in [5.74, 6) is 0.0309. The summed E-state index contributed by atoms with van der Waals surface area (Å²) < 4.78 is 0. The lowest BCUT2D eigenvalue weighted by atomic mass is 10.1. The van der Waals surface area contributed by atoms with Crippen LogP contribution in [0, 0.1) is 0 Å². The molecule has 4 nitrogen and oxygen atoms in total. The third-order valence-electron chi connectivity index (χ3n) is 4.06. The summed E-state index contributed by atoms with van der Waals surface area (Å²) in [6.45, 7) is 0.808. The van der Waals surface area contributed by atoms with Crippen LogP contribution in [0.15, 0.2) is 41.8 Å². The van der Waals surface area contributed by atoms with E-state index in [1.54, 1.807) is 11.3 Å². The van der Waals surface area contributed by atoms with Crippen molar-refractivity contribution in [3.8, 4) is 0 Å². The number of benzene rings is 1. The number of carbonyl (C=O) groups excluding carboxylic acids is 1. The van der Waals surface area contributed by atoms with E-state index in [2.05, 4.69) is 21.6 Å². The Morgan fingerprint density at radius 3 is 3.05 bits per heavy atom. The van der Waals surface area contributed by atoms with Crippen molar-refractivity contribution in [3.05, 3.63) is 52.3 Å². The minimum atomic E-state index is 0.0309. The lowest BCUT2D eigenvalue weighted by molar-refractivity contribution is 0.0734. The molecule has 1 saturated heterocycles. The fourth-order valence-corrected chi connectivity index (χ4v) is 3.92. The maximum absolute atomic E-state index is 12.9. The minimum absolute atomic E-state index is 0.0309. The van der Waals surface area contributed by atoms with Crippen molar-refractivity contribution in [1.82, 2.24) is 15.1 Å². The molecule has 0 bridgehead atoms. The molecule has 5 heteroatoms. The molecule has 3 aromatic rings. The average molecular weight is 297 g/mol. The summed E-state index contributed by atoms with van der Waals surface area (Å²) in [6, 6.07) is 12.1. The fraction of sp³-hybridized carbons (Fsp3) is 0.250. The number of nitrogens with zero attached hydrogens (tertiary/aromatic N) is 2. The summed E-state index contributed by atoms with van der Waals surface area (Å²) in [6.07, 6.45) is 2.09. The monoisotopic (exact) mass is 297 g/mol. The van der Waals surface area contributed by atoms with Gasteiger partial charge in [-0.3, -0.25) is 9.89 Å². The van der Waals surface area contributed by atoms with E-state index in [1.165, 1.54) is 4.88 Å². The van der Waals surface area contributed by atoms with Gasteiger partial charge in [-0.2, -0.15) is 5.10 Å². The highest BCUT2D eigenvalue weighted by Crippen LogP contribution is 2.35. The van der Waals surface area contributed by atoms with Crippen molar-refractivity contribution in [1.29, 1.82) is 0 Å². The van der Waals surface area contributed by atoms with E-state index in [1.807, 2.05) is 35.2 Å². The smallest absolute Gasteiger partial charge is 0.275 e. The first-order valence-electron chi connectivity index (χ1n) is 7.12. The van der Waals surface area contributed by atoms with Crippen molar-refractivity contribution < 1.29 is 4.79 Å². The molecule has 3 heterocycles. The number of amides is 1. The molecule has 1 atom stereocenters. The van der Waals surface area contributed by atoms with E-state index in [-0.39, 0.29) is 11.9 Å². The summed E-state index contributed by atoms with van der Waals surface area (Å²) in [4.78, 5) is 16.1. The number of nitrogens with one attached hydrogen (secondary N) is 1. The Labute approximate surface area is 126 Å². The Bertz CT molecular complexity index is 778. The van der Waals surface area contributed by atoms with E-state index in [9.17, 15) is 4.79 Å². The Morgan fingerprint density at radius 1 is 1.29 bits per heavy atom. The zero-order chi connectivity index (χ0) is 14.2. The molecule has 106 valence electrons. The van der Waals surface area contributed by atoms with E-state index < -0.39 is 0 Å². The Morgan fingerprint density at radius 2 is 2.19 bits per heavy atom.